The molecule has 0 unspecified atom stereocenters. The quantitative estimate of drug-likeness (QED) is 0.273. The summed E-state index contributed by atoms with van der Waals surface area (Å²) in [6, 6.07) is 9.34. The van der Waals surface area contributed by atoms with E-state index in [1.165, 1.54) is 6.08 Å². The topological polar surface area (TPSA) is 56.1 Å². The van der Waals surface area contributed by atoms with Gasteiger partial charge in [0.2, 0.25) is 0 Å². The second-order valence-corrected chi connectivity index (χ2v) is 9.60. The van der Waals surface area contributed by atoms with Gasteiger partial charge >= 0.3 is 6.18 Å². The van der Waals surface area contributed by atoms with Gasteiger partial charge in [-0.3, -0.25) is 4.98 Å². The van der Waals surface area contributed by atoms with Crippen LogP contribution in [0.5, 0.6) is 5.75 Å². The van der Waals surface area contributed by atoms with Crippen molar-refractivity contribution < 1.29 is 17.9 Å². The number of nitrogens with zero attached hydrogens (tertiary/aromatic N) is 5. The number of rotatable bonds is 6. The summed E-state index contributed by atoms with van der Waals surface area (Å²) in [7, 11) is 1.97. The Morgan fingerprint density at radius 3 is 2.68 bits per heavy atom. The van der Waals surface area contributed by atoms with E-state index in [9.17, 15) is 13.2 Å². The minimum Gasteiger partial charge on any atom is -0.486 e. The van der Waals surface area contributed by atoms with E-state index in [0.717, 1.165) is 34.2 Å². The Bertz CT molecular complexity index is 1570. The fourth-order valence-electron chi connectivity index (χ4n) is 4.43. The van der Waals surface area contributed by atoms with E-state index in [0.29, 0.717) is 27.5 Å². The van der Waals surface area contributed by atoms with Crippen LogP contribution in [0.4, 0.5) is 13.2 Å². The number of hydrogen-bond acceptors (Lipinski definition) is 5. The minimum absolute atomic E-state index is 0.0765. The molecule has 196 valence electrons. The van der Waals surface area contributed by atoms with E-state index in [1.807, 2.05) is 55.9 Å². The maximum atomic E-state index is 13.2. The van der Waals surface area contributed by atoms with Crippen molar-refractivity contribution in [2.24, 2.45) is 7.05 Å². The number of halogens is 4. The molecule has 4 heterocycles. The Kier molecular flexibility index (Phi) is 6.88. The van der Waals surface area contributed by atoms with Gasteiger partial charge in [-0.25, -0.2) is 9.97 Å². The van der Waals surface area contributed by atoms with Gasteiger partial charge in [0.15, 0.2) is 0 Å². The maximum absolute atomic E-state index is 13.2. The lowest BCUT2D eigenvalue weighted by atomic mass is 10.1. The summed E-state index contributed by atoms with van der Waals surface area (Å²) in [5.74, 6) is 1.39. The Labute approximate surface area is 223 Å². The molecule has 6 nitrogen and oxygen atoms in total. The number of aryl methyl sites for hydroxylation is 2. The van der Waals surface area contributed by atoms with E-state index >= 15 is 0 Å². The molecule has 1 aromatic carbocycles. The van der Waals surface area contributed by atoms with Crippen LogP contribution >= 0.6 is 11.6 Å². The van der Waals surface area contributed by atoms with Gasteiger partial charge < -0.3 is 14.2 Å². The minimum atomic E-state index is -4.39. The molecule has 38 heavy (non-hydrogen) atoms. The van der Waals surface area contributed by atoms with E-state index in [2.05, 4.69) is 9.97 Å². The second-order valence-electron chi connectivity index (χ2n) is 9.19. The van der Waals surface area contributed by atoms with E-state index in [-0.39, 0.29) is 19.7 Å². The van der Waals surface area contributed by atoms with E-state index < -0.39 is 11.7 Å². The smallest absolute Gasteiger partial charge is 0.414 e. The summed E-state index contributed by atoms with van der Waals surface area (Å²) < 4.78 is 47.9. The lowest BCUT2D eigenvalue weighted by molar-refractivity contribution is -0.0954. The number of alkyl halides is 3. The van der Waals surface area contributed by atoms with Gasteiger partial charge in [-0.1, -0.05) is 29.8 Å². The summed E-state index contributed by atoms with van der Waals surface area (Å²) in [5.41, 5.74) is 4.01. The Morgan fingerprint density at radius 2 is 1.95 bits per heavy atom. The molecule has 0 aliphatic carbocycles. The average Bonchev–Trinajstić information content (AvgIpc) is 3.21. The van der Waals surface area contributed by atoms with Crippen LogP contribution in [0.2, 0.25) is 5.02 Å². The molecule has 3 aromatic heterocycles. The first-order valence-electron chi connectivity index (χ1n) is 11.9. The molecule has 10 heteroatoms. The third kappa shape index (κ3) is 5.11. The first-order chi connectivity index (χ1) is 18.1. The molecule has 0 bridgehead atoms. The van der Waals surface area contributed by atoms with Gasteiger partial charge in [0.25, 0.3) is 0 Å². The monoisotopic (exact) mass is 539 g/mol. The SMILES string of the molecule is Cc1cc(-c2ncc(C)n2C)c2cccc(OCc3c(Cl)ccnc3CN3C=CC=C(C(F)(F)F)C3)c2n1. The van der Waals surface area contributed by atoms with Crippen molar-refractivity contribution in [2.45, 2.75) is 33.2 Å². The normalized spacial score (nSPS) is 13.8. The summed E-state index contributed by atoms with van der Waals surface area (Å²) in [4.78, 5) is 15.3. The molecule has 1 aliphatic heterocycles. The molecule has 0 fully saturated rings. The van der Waals surface area contributed by atoms with Crippen LogP contribution in [0.1, 0.15) is 22.6 Å². The van der Waals surface area contributed by atoms with Crippen LogP contribution in [0.25, 0.3) is 22.3 Å². The van der Waals surface area contributed by atoms with Crippen molar-refractivity contribution in [3.05, 3.63) is 94.3 Å². The summed E-state index contributed by atoms with van der Waals surface area (Å²) >= 11 is 6.51. The highest BCUT2D eigenvalue weighted by Gasteiger charge is 2.34. The van der Waals surface area contributed by atoms with Gasteiger partial charge in [-0.2, -0.15) is 13.2 Å². The number of fused-ring (bicyclic) bond motifs is 1. The first-order valence-corrected chi connectivity index (χ1v) is 12.3. The van der Waals surface area contributed by atoms with Crippen molar-refractivity contribution in [1.29, 1.82) is 0 Å². The molecule has 0 amide bonds. The third-order valence-electron chi connectivity index (χ3n) is 6.54. The lowest BCUT2D eigenvalue weighted by Gasteiger charge is -2.26. The highest BCUT2D eigenvalue weighted by Crippen LogP contribution is 2.34. The second kappa shape index (κ2) is 10.1. The van der Waals surface area contributed by atoms with Gasteiger partial charge in [-0.15, -0.1) is 0 Å². The summed E-state index contributed by atoms with van der Waals surface area (Å²) in [6.45, 7) is 3.88. The van der Waals surface area contributed by atoms with Crippen molar-refractivity contribution in [3.8, 4) is 17.1 Å². The molecule has 0 spiro atoms. The van der Waals surface area contributed by atoms with Crippen molar-refractivity contribution in [3.63, 3.8) is 0 Å². The number of pyridine rings is 2. The number of allylic oxidation sites excluding steroid dienone is 2. The number of ether oxygens (including phenoxy) is 1. The summed E-state index contributed by atoms with van der Waals surface area (Å²) in [5, 5.41) is 1.32. The van der Waals surface area contributed by atoms with Gasteiger partial charge in [0.1, 0.15) is 23.7 Å². The predicted molar refractivity (Wildman–Crippen MR) is 141 cm³/mol. The standard InChI is InChI=1S/C28H25ClF3N5O/c1-17-12-21(27-34-13-18(2)36(27)3)20-7-4-8-25(26(20)35-17)38-16-22-23(29)9-10-33-24(22)15-37-11-5-6-19(14-37)28(30,31)32/h4-13H,14-16H2,1-3H3. The zero-order chi connectivity index (χ0) is 27.0. The Morgan fingerprint density at radius 1 is 1.13 bits per heavy atom. The van der Waals surface area contributed by atoms with Crippen LogP contribution in [-0.4, -0.2) is 37.1 Å². The average molecular weight is 540 g/mol. The fourth-order valence-corrected chi connectivity index (χ4v) is 4.65. The molecule has 5 rings (SSSR count). The lowest BCUT2D eigenvalue weighted by Crippen LogP contribution is -2.29. The fraction of sp³-hybridized carbons (Fsp3) is 0.250. The van der Waals surface area contributed by atoms with Crippen LogP contribution in [-0.2, 0) is 20.2 Å². The molecular weight excluding hydrogens is 515 g/mol. The number of hydrogen-bond donors (Lipinski definition) is 0. The highest BCUT2D eigenvalue weighted by atomic mass is 35.5. The first kappa shape index (κ1) is 25.8. The molecule has 0 radical (unpaired) electrons. The number of para-hydroxylation sites is 1. The van der Waals surface area contributed by atoms with E-state index in [4.69, 9.17) is 21.3 Å². The maximum Gasteiger partial charge on any atom is 0.414 e. The number of aromatic nitrogens is 4. The molecule has 0 saturated carbocycles. The van der Waals surface area contributed by atoms with Gasteiger partial charge in [-0.05, 0) is 44.3 Å². The zero-order valence-corrected chi connectivity index (χ0v) is 21.8. The molecule has 4 aromatic rings. The molecule has 0 saturated heterocycles. The zero-order valence-electron chi connectivity index (χ0n) is 21.1. The number of benzene rings is 1. The highest BCUT2D eigenvalue weighted by molar-refractivity contribution is 6.31. The Balaban J connectivity index is 1.44. The van der Waals surface area contributed by atoms with Crippen molar-refractivity contribution >= 4 is 22.5 Å². The summed E-state index contributed by atoms with van der Waals surface area (Å²) in [6.07, 6.45) is 3.07. The molecular formula is C28H25ClF3N5O. The Hall–Kier alpha value is -3.85. The van der Waals surface area contributed by atoms with Crippen LogP contribution in [0, 0.1) is 13.8 Å². The van der Waals surface area contributed by atoms with Gasteiger partial charge in [0, 0.05) is 53.9 Å². The predicted octanol–water partition coefficient (Wildman–Crippen LogP) is 6.70. The molecule has 1 aliphatic rings. The van der Waals surface area contributed by atoms with Crippen LogP contribution in [0.15, 0.2) is 66.7 Å². The third-order valence-corrected chi connectivity index (χ3v) is 6.89. The van der Waals surface area contributed by atoms with Crippen molar-refractivity contribution in [1.82, 2.24) is 24.4 Å². The van der Waals surface area contributed by atoms with Crippen LogP contribution < -0.4 is 4.74 Å². The van der Waals surface area contributed by atoms with Gasteiger partial charge in [0.05, 0.1) is 22.8 Å². The van der Waals surface area contributed by atoms with Crippen molar-refractivity contribution in [2.75, 3.05) is 6.54 Å². The molecule has 0 atom stereocenters. The number of imidazole rings is 1. The molecule has 0 N–H and O–H groups in total. The van der Waals surface area contributed by atoms with Crippen LogP contribution in [0.3, 0.4) is 0 Å². The largest absolute Gasteiger partial charge is 0.486 e. The van der Waals surface area contributed by atoms with E-state index in [1.54, 1.807) is 23.4 Å².